The number of likely N-dealkylation sites (tertiary alicyclic amines) is 1. The lowest BCUT2D eigenvalue weighted by Gasteiger charge is -2.26. The van der Waals surface area contributed by atoms with Crippen LogP contribution in [0.15, 0.2) is 4.99 Å². The van der Waals surface area contributed by atoms with Gasteiger partial charge < -0.3 is 20.0 Å². The van der Waals surface area contributed by atoms with Crippen molar-refractivity contribution >= 4 is 35.8 Å². The first kappa shape index (κ1) is 24.4. The average Bonchev–Trinajstić information content (AvgIpc) is 3.05. The van der Waals surface area contributed by atoms with Gasteiger partial charge in [0.1, 0.15) is 0 Å². The molecule has 1 aliphatic heterocycles. The van der Waals surface area contributed by atoms with Crippen molar-refractivity contribution in [3.8, 4) is 0 Å². The van der Waals surface area contributed by atoms with Gasteiger partial charge in [-0.1, -0.05) is 6.92 Å². The van der Waals surface area contributed by atoms with Gasteiger partial charge in [0.15, 0.2) is 5.96 Å². The highest BCUT2D eigenvalue weighted by Crippen LogP contribution is 2.10. The lowest BCUT2D eigenvalue weighted by molar-refractivity contribution is -0.131. The number of hydrogen-bond donors (Lipinski definition) is 1. The topological polar surface area (TPSA) is 51.2 Å². The standard InChI is InChI=1S/C18H37N5O.HI/c1-6-19-18(21(5)15-17(24)23(7-2)8-3)20-13-16(4)14-22-11-9-10-12-22;/h16H,6-15H2,1-5H3,(H,19,20);1H. The van der Waals surface area contributed by atoms with Gasteiger partial charge in [0.2, 0.25) is 5.91 Å². The van der Waals surface area contributed by atoms with Gasteiger partial charge in [0.05, 0.1) is 6.54 Å². The van der Waals surface area contributed by atoms with E-state index < -0.39 is 0 Å². The molecule has 7 heteroatoms. The van der Waals surface area contributed by atoms with Crippen LogP contribution in [-0.4, -0.2) is 86.0 Å². The number of halogens is 1. The lowest BCUT2D eigenvalue weighted by atomic mass is 10.2. The molecule has 6 nitrogen and oxygen atoms in total. The Kier molecular flexibility index (Phi) is 13.3. The molecule has 1 unspecified atom stereocenters. The summed E-state index contributed by atoms with van der Waals surface area (Å²) in [6.45, 7) is 15.4. The number of aliphatic imine (C=N–C) groups is 1. The third-order valence-electron chi connectivity index (χ3n) is 4.51. The van der Waals surface area contributed by atoms with E-state index in [4.69, 9.17) is 4.99 Å². The molecule has 0 saturated carbocycles. The maximum atomic E-state index is 12.3. The molecule has 148 valence electrons. The van der Waals surface area contributed by atoms with E-state index in [0.29, 0.717) is 12.5 Å². The first-order valence-corrected chi connectivity index (χ1v) is 9.51. The zero-order valence-corrected chi connectivity index (χ0v) is 19.1. The van der Waals surface area contributed by atoms with Crippen LogP contribution in [0.1, 0.15) is 40.5 Å². The molecule has 1 aliphatic rings. The summed E-state index contributed by atoms with van der Waals surface area (Å²) in [5.74, 6) is 1.51. The van der Waals surface area contributed by atoms with Gasteiger partial charge >= 0.3 is 0 Å². The van der Waals surface area contributed by atoms with Crippen LogP contribution in [0.25, 0.3) is 0 Å². The van der Waals surface area contributed by atoms with Gasteiger partial charge in [-0.2, -0.15) is 0 Å². The summed E-state index contributed by atoms with van der Waals surface area (Å²) in [4.78, 5) is 23.4. The molecule has 0 aromatic heterocycles. The number of nitrogens with one attached hydrogen (secondary N) is 1. The van der Waals surface area contributed by atoms with E-state index in [-0.39, 0.29) is 29.9 Å². The average molecular weight is 467 g/mol. The first-order valence-electron chi connectivity index (χ1n) is 9.51. The molecule has 0 bridgehead atoms. The first-order chi connectivity index (χ1) is 11.5. The van der Waals surface area contributed by atoms with Gasteiger partial charge in [-0.15, -0.1) is 24.0 Å². The minimum absolute atomic E-state index is 0. The van der Waals surface area contributed by atoms with Crippen molar-refractivity contribution < 1.29 is 4.79 Å². The smallest absolute Gasteiger partial charge is 0.242 e. The third kappa shape index (κ3) is 9.08. The van der Waals surface area contributed by atoms with Gasteiger partial charge in [0, 0.05) is 39.8 Å². The van der Waals surface area contributed by atoms with E-state index >= 15 is 0 Å². The van der Waals surface area contributed by atoms with Crippen LogP contribution in [-0.2, 0) is 4.79 Å². The van der Waals surface area contributed by atoms with Crippen molar-refractivity contribution in [2.75, 3.05) is 59.4 Å². The molecule has 1 amide bonds. The molecule has 1 saturated heterocycles. The van der Waals surface area contributed by atoms with Crippen LogP contribution in [0.3, 0.4) is 0 Å². The quantitative estimate of drug-likeness (QED) is 0.321. The second-order valence-electron chi connectivity index (χ2n) is 6.73. The van der Waals surface area contributed by atoms with Crippen LogP contribution in [0.5, 0.6) is 0 Å². The summed E-state index contributed by atoms with van der Waals surface area (Å²) < 4.78 is 0. The molecular weight excluding hydrogens is 429 g/mol. The number of rotatable bonds is 9. The van der Waals surface area contributed by atoms with Crippen molar-refractivity contribution in [3.05, 3.63) is 0 Å². The fourth-order valence-electron chi connectivity index (χ4n) is 3.13. The number of nitrogens with zero attached hydrogens (tertiary/aromatic N) is 4. The Morgan fingerprint density at radius 1 is 1.20 bits per heavy atom. The second-order valence-corrected chi connectivity index (χ2v) is 6.73. The lowest BCUT2D eigenvalue weighted by Crippen LogP contribution is -2.45. The Morgan fingerprint density at radius 3 is 2.32 bits per heavy atom. The maximum Gasteiger partial charge on any atom is 0.242 e. The maximum absolute atomic E-state index is 12.3. The van der Waals surface area contributed by atoms with Crippen molar-refractivity contribution in [2.24, 2.45) is 10.9 Å². The largest absolute Gasteiger partial charge is 0.357 e. The molecule has 0 aromatic carbocycles. The molecule has 0 spiro atoms. The Labute approximate surface area is 171 Å². The van der Waals surface area contributed by atoms with Crippen LogP contribution in [0.2, 0.25) is 0 Å². The highest BCUT2D eigenvalue weighted by Gasteiger charge is 2.17. The van der Waals surface area contributed by atoms with Gasteiger partial charge in [-0.25, -0.2) is 0 Å². The summed E-state index contributed by atoms with van der Waals surface area (Å²) in [5, 5.41) is 3.30. The third-order valence-corrected chi connectivity index (χ3v) is 4.51. The number of amides is 1. The fourth-order valence-corrected chi connectivity index (χ4v) is 3.13. The molecular formula is C18H38IN5O. The monoisotopic (exact) mass is 467 g/mol. The zero-order valence-electron chi connectivity index (χ0n) is 16.8. The van der Waals surface area contributed by atoms with Crippen molar-refractivity contribution in [2.45, 2.75) is 40.5 Å². The van der Waals surface area contributed by atoms with Crippen LogP contribution in [0, 0.1) is 5.92 Å². The summed E-state index contributed by atoms with van der Waals surface area (Å²) in [6.07, 6.45) is 2.66. The normalized spacial score (nSPS) is 16.3. The molecule has 1 fully saturated rings. The van der Waals surface area contributed by atoms with Crippen LogP contribution < -0.4 is 5.32 Å². The van der Waals surface area contributed by atoms with E-state index in [2.05, 4.69) is 24.1 Å². The molecule has 0 aromatic rings. The van der Waals surface area contributed by atoms with E-state index in [0.717, 1.165) is 38.7 Å². The molecule has 1 rings (SSSR count). The van der Waals surface area contributed by atoms with E-state index in [1.807, 2.05) is 30.7 Å². The predicted molar refractivity (Wildman–Crippen MR) is 117 cm³/mol. The number of carbonyl (C=O) groups excluding carboxylic acids is 1. The molecule has 1 N–H and O–H groups in total. The Balaban J connectivity index is 0.00000576. The van der Waals surface area contributed by atoms with Crippen molar-refractivity contribution in [1.82, 2.24) is 20.0 Å². The summed E-state index contributed by atoms with van der Waals surface area (Å²) in [6, 6.07) is 0. The molecule has 1 atom stereocenters. The van der Waals surface area contributed by atoms with Crippen LogP contribution >= 0.6 is 24.0 Å². The minimum atomic E-state index is 0. The van der Waals surface area contributed by atoms with Gasteiger partial charge in [0.25, 0.3) is 0 Å². The summed E-state index contributed by atoms with van der Waals surface area (Å²) in [7, 11) is 1.94. The Bertz CT molecular complexity index is 395. The Hall–Kier alpha value is -0.570. The van der Waals surface area contributed by atoms with E-state index in [1.165, 1.54) is 25.9 Å². The number of carbonyl (C=O) groups is 1. The predicted octanol–water partition coefficient (Wildman–Crippen LogP) is 2.10. The number of guanidine groups is 1. The SMILES string of the molecule is CCNC(=NCC(C)CN1CCCC1)N(C)CC(=O)N(CC)CC.I. The highest BCUT2D eigenvalue weighted by molar-refractivity contribution is 14.0. The molecule has 0 aliphatic carbocycles. The summed E-state index contributed by atoms with van der Waals surface area (Å²) >= 11 is 0. The fraction of sp³-hybridized carbons (Fsp3) is 0.889. The van der Waals surface area contributed by atoms with Crippen molar-refractivity contribution in [1.29, 1.82) is 0 Å². The Morgan fingerprint density at radius 2 is 1.80 bits per heavy atom. The highest BCUT2D eigenvalue weighted by atomic mass is 127. The molecule has 25 heavy (non-hydrogen) atoms. The number of hydrogen-bond acceptors (Lipinski definition) is 3. The van der Waals surface area contributed by atoms with Gasteiger partial charge in [-0.3, -0.25) is 9.79 Å². The zero-order chi connectivity index (χ0) is 17.9. The molecule has 1 heterocycles. The summed E-state index contributed by atoms with van der Waals surface area (Å²) in [5.41, 5.74) is 0. The van der Waals surface area contributed by atoms with E-state index in [9.17, 15) is 4.79 Å². The van der Waals surface area contributed by atoms with Crippen molar-refractivity contribution in [3.63, 3.8) is 0 Å². The second kappa shape index (κ2) is 13.6. The number of likely N-dealkylation sites (N-methyl/N-ethyl adjacent to an activating group) is 2. The van der Waals surface area contributed by atoms with Gasteiger partial charge in [-0.05, 0) is 52.6 Å². The molecule has 0 radical (unpaired) electrons. The minimum Gasteiger partial charge on any atom is -0.357 e. The van der Waals surface area contributed by atoms with Crippen LogP contribution in [0.4, 0.5) is 0 Å². The van der Waals surface area contributed by atoms with E-state index in [1.54, 1.807) is 0 Å².